The number of nitrogens with one attached hydrogen (secondary N) is 1. The van der Waals surface area contributed by atoms with Gasteiger partial charge in [0.05, 0.1) is 33.0 Å². The van der Waals surface area contributed by atoms with Crippen LogP contribution in [-0.4, -0.2) is 78.1 Å². The standard InChI is InChI=1S/C24H42N4O6/c1-19(2)24(34)27(17-14-23(32)33)21(28(3,4)18-10-13-22(30)31)12-6-5-9-16-26-20(29)11-7-8-15-25/h14,17,21H,1,5-13,15-16,18,25H2,2-4H3,(H2-,26,29,30,31,32,33). The van der Waals surface area contributed by atoms with Gasteiger partial charge in [-0.1, -0.05) is 13.0 Å². The molecule has 0 bridgehead atoms. The van der Waals surface area contributed by atoms with Crippen LogP contribution in [0.4, 0.5) is 0 Å². The molecule has 0 heterocycles. The summed E-state index contributed by atoms with van der Waals surface area (Å²) in [6, 6.07) is 0. The number of carboxylic acids is 2. The molecule has 0 aromatic heterocycles. The van der Waals surface area contributed by atoms with E-state index in [9.17, 15) is 24.3 Å². The van der Waals surface area contributed by atoms with Gasteiger partial charge < -0.3 is 30.5 Å². The lowest BCUT2D eigenvalue weighted by Crippen LogP contribution is -2.58. The fourth-order valence-corrected chi connectivity index (χ4v) is 3.65. The molecule has 4 N–H and O–H groups in total. The van der Waals surface area contributed by atoms with Crippen molar-refractivity contribution >= 4 is 23.8 Å². The summed E-state index contributed by atoms with van der Waals surface area (Å²) in [6.07, 6.45) is 6.90. The van der Waals surface area contributed by atoms with Gasteiger partial charge in [-0.25, -0.2) is 0 Å². The lowest BCUT2D eigenvalue weighted by atomic mass is 10.1. The van der Waals surface area contributed by atoms with Gasteiger partial charge in [-0.05, 0) is 45.2 Å². The Morgan fingerprint density at radius 2 is 1.76 bits per heavy atom. The molecular weight excluding hydrogens is 440 g/mol. The Balaban J connectivity index is 5.20. The Morgan fingerprint density at radius 1 is 1.09 bits per heavy atom. The van der Waals surface area contributed by atoms with Crippen molar-refractivity contribution in [1.29, 1.82) is 0 Å². The highest BCUT2D eigenvalue weighted by Gasteiger charge is 2.35. The second kappa shape index (κ2) is 16.8. The van der Waals surface area contributed by atoms with Crippen LogP contribution in [0.1, 0.15) is 64.7 Å². The van der Waals surface area contributed by atoms with Crippen LogP contribution < -0.4 is 16.2 Å². The number of hydrogen-bond donors (Lipinski definition) is 3. The van der Waals surface area contributed by atoms with E-state index in [1.54, 1.807) is 6.92 Å². The van der Waals surface area contributed by atoms with Gasteiger partial charge in [0.1, 0.15) is 0 Å². The predicted molar refractivity (Wildman–Crippen MR) is 128 cm³/mol. The van der Waals surface area contributed by atoms with Crippen molar-refractivity contribution in [3.8, 4) is 0 Å². The number of carboxylic acid groups (broad SMARTS) is 2. The van der Waals surface area contributed by atoms with Crippen molar-refractivity contribution in [3.63, 3.8) is 0 Å². The highest BCUT2D eigenvalue weighted by Crippen LogP contribution is 2.22. The average molecular weight is 483 g/mol. The fraction of sp³-hybridized carbons (Fsp3) is 0.667. The van der Waals surface area contributed by atoms with Crippen molar-refractivity contribution in [3.05, 3.63) is 24.4 Å². The first-order valence-corrected chi connectivity index (χ1v) is 11.8. The number of nitrogens with zero attached hydrogens (tertiary/aromatic N) is 2. The summed E-state index contributed by atoms with van der Waals surface area (Å²) in [7, 11) is 3.78. The Kier molecular flexibility index (Phi) is 15.5. The molecular formula is C24H42N4O6. The summed E-state index contributed by atoms with van der Waals surface area (Å²) in [5, 5.41) is 22.9. The van der Waals surface area contributed by atoms with E-state index < -0.39 is 24.0 Å². The number of aliphatic carboxylic acids is 2. The molecule has 10 nitrogen and oxygen atoms in total. The molecule has 10 heteroatoms. The first-order valence-electron chi connectivity index (χ1n) is 11.8. The van der Waals surface area contributed by atoms with Crippen LogP contribution in [0.25, 0.3) is 0 Å². The summed E-state index contributed by atoms with van der Waals surface area (Å²) in [5.74, 6) is -2.71. The third-order valence-electron chi connectivity index (χ3n) is 5.54. The average Bonchev–Trinajstić information content (AvgIpc) is 2.73. The summed E-state index contributed by atoms with van der Waals surface area (Å²) < 4.78 is 0.293. The SMILES string of the molecule is C=C(C)C(=O)N(C=CC(=O)[O-])C(CCCCCNC(=O)CCCCN)[N+](C)(C)CCCC(=O)O. The number of carbonyl (C=O) groups excluding carboxylic acids is 3. The minimum atomic E-state index is -1.42. The number of hydrogen-bond acceptors (Lipinski definition) is 6. The van der Waals surface area contributed by atoms with Gasteiger partial charge in [-0.2, -0.15) is 0 Å². The zero-order valence-corrected chi connectivity index (χ0v) is 20.9. The molecule has 0 rings (SSSR count). The second-order valence-corrected chi connectivity index (χ2v) is 9.05. The maximum absolute atomic E-state index is 12.8. The van der Waals surface area contributed by atoms with Crippen molar-refractivity contribution in [1.82, 2.24) is 10.2 Å². The van der Waals surface area contributed by atoms with Crippen LogP contribution in [0, 0.1) is 0 Å². The normalized spacial score (nSPS) is 12.4. The summed E-state index contributed by atoms with van der Waals surface area (Å²) in [4.78, 5) is 48.0. The Morgan fingerprint density at radius 3 is 2.32 bits per heavy atom. The fourth-order valence-electron chi connectivity index (χ4n) is 3.65. The molecule has 34 heavy (non-hydrogen) atoms. The van der Waals surface area contributed by atoms with Gasteiger partial charge in [-0.15, -0.1) is 0 Å². The molecule has 0 saturated carbocycles. The Labute approximate surface area is 203 Å². The van der Waals surface area contributed by atoms with Gasteiger partial charge in [-0.3, -0.25) is 19.3 Å². The van der Waals surface area contributed by atoms with Gasteiger partial charge in [0.15, 0.2) is 6.17 Å². The van der Waals surface area contributed by atoms with Crippen LogP contribution in [0.15, 0.2) is 24.4 Å². The number of amides is 2. The van der Waals surface area contributed by atoms with Crippen LogP contribution in [0.3, 0.4) is 0 Å². The van der Waals surface area contributed by atoms with E-state index in [4.69, 9.17) is 10.8 Å². The number of quaternary nitrogens is 1. The lowest BCUT2D eigenvalue weighted by molar-refractivity contribution is -0.924. The number of rotatable bonds is 19. The molecule has 1 unspecified atom stereocenters. The highest BCUT2D eigenvalue weighted by atomic mass is 16.4. The molecule has 0 aliphatic heterocycles. The van der Waals surface area contributed by atoms with Crippen LogP contribution in [0.2, 0.25) is 0 Å². The van der Waals surface area contributed by atoms with Crippen LogP contribution in [-0.2, 0) is 19.2 Å². The van der Waals surface area contributed by atoms with E-state index in [-0.39, 0.29) is 17.9 Å². The molecule has 0 radical (unpaired) electrons. The molecule has 0 spiro atoms. The molecule has 0 aromatic rings. The predicted octanol–water partition coefficient (Wildman–Crippen LogP) is 0.728. The molecule has 2 amide bonds. The van der Waals surface area contributed by atoms with Crippen molar-refractivity contribution in [2.24, 2.45) is 5.73 Å². The number of nitrogens with two attached hydrogens (primary N) is 1. The van der Waals surface area contributed by atoms with E-state index in [1.165, 1.54) is 11.1 Å². The van der Waals surface area contributed by atoms with Gasteiger partial charge in [0.25, 0.3) is 5.91 Å². The second-order valence-electron chi connectivity index (χ2n) is 9.05. The maximum atomic E-state index is 12.8. The van der Waals surface area contributed by atoms with Crippen molar-refractivity contribution in [2.75, 3.05) is 33.7 Å². The molecule has 0 saturated heterocycles. The zero-order valence-electron chi connectivity index (χ0n) is 20.9. The van der Waals surface area contributed by atoms with Gasteiger partial charge in [0, 0.05) is 37.6 Å². The highest BCUT2D eigenvalue weighted by molar-refractivity contribution is 5.93. The molecule has 1 atom stereocenters. The zero-order chi connectivity index (χ0) is 26.1. The number of unbranched alkanes of at least 4 members (excludes halogenated alkanes) is 3. The van der Waals surface area contributed by atoms with Crippen LogP contribution in [0.5, 0.6) is 0 Å². The molecule has 0 aliphatic carbocycles. The maximum Gasteiger partial charge on any atom is 0.303 e. The van der Waals surface area contributed by atoms with E-state index in [2.05, 4.69) is 11.9 Å². The largest absolute Gasteiger partial charge is 0.545 e. The summed E-state index contributed by atoms with van der Waals surface area (Å²) in [5.41, 5.74) is 5.69. The molecule has 0 fully saturated rings. The smallest absolute Gasteiger partial charge is 0.303 e. The Hall–Kier alpha value is -2.72. The van der Waals surface area contributed by atoms with Gasteiger partial charge in [0.2, 0.25) is 5.91 Å². The van der Waals surface area contributed by atoms with E-state index in [0.717, 1.165) is 38.2 Å². The first kappa shape index (κ1) is 31.3. The summed E-state index contributed by atoms with van der Waals surface area (Å²) in [6.45, 7) is 6.86. The number of carbonyl (C=O) groups is 4. The lowest BCUT2D eigenvalue weighted by Gasteiger charge is -2.43. The molecule has 0 aromatic carbocycles. The third-order valence-corrected chi connectivity index (χ3v) is 5.54. The van der Waals surface area contributed by atoms with Crippen molar-refractivity contribution < 1.29 is 33.9 Å². The molecule has 0 aliphatic rings. The minimum absolute atomic E-state index is 0.00267. The minimum Gasteiger partial charge on any atom is -0.545 e. The Bertz CT molecular complexity index is 720. The van der Waals surface area contributed by atoms with E-state index >= 15 is 0 Å². The molecule has 194 valence electrons. The third kappa shape index (κ3) is 13.7. The monoisotopic (exact) mass is 482 g/mol. The van der Waals surface area contributed by atoms with E-state index in [0.29, 0.717) is 43.4 Å². The van der Waals surface area contributed by atoms with E-state index in [1.807, 2.05) is 14.1 Å². The first-order chi connectivity index (χ1) is 15.9. The van der Waals surface area contributed by atoms with Gasteiger partial charge >= 0.3 is 5.97 Å². The topological polar surface area (TPSA) is 153 Å². The van der Waals surface area contributed by atoms with Crippen molar-refractivity contribution in [2.45, 2.75) is 70.9 Å². The van der Waals surface area contributed by atoms with Crippen LogP contribution >= 0.6 is 0 Å². The quantitative estimate of drug-likeness (QED) is 0.106. The summed E-state index contributed by atoms with van der Waals surface area (Å²) >= 11 is 0.